The molecule has 14 heavy (non-hydrogen) atoms. The average Bonchev–Trinajstić information content (AvgIpc) is 2.16. The normalized spacial score (nSPS) is 22.0. The topological polar surface area (TPSA) is 32.3 Å². The highest BCUT2D eigenvalue weighted by Gasteiger charge is 2.23. The summed E-state index contributed by atoms with van der Waals surface area (Å²) in [4.78, 5) is 13.6. The van der Waals surface area contributed by atoms with E-state index >= 15 is 0 Å². The number of halogens is 1. The third-order valence-electron chi connectivity index (χ3n) is 2.64. The molecule has 0 aromatic heterocycles. The van der Waals surface area contributed by atoms with Crippen LogP contribution in [-0.2, 0) is 4.79 Å². The molecule has 1 N–H and O–H groups in total. The number of likely N-dealkylation sites (N-methyl/N-ethyl adjacent to an activating group) is 1. The van der Waals surface area contributed by atoms with E-state index < -0.39 is 0 Å². The molecule has 0 aromatic carbocycles. The first-order valence-electron chi connectivity index (χ1n) is 5.11. The summed E-state index contributed by atoms with van der Waals surface area (Å²) in [7, 11) is 1.97. The van der Waals surface area contributed by atoms with Gasteiger partial charge in [0, 0.05) is 25.0 Å². The zero-order valence-corrected chi connectivity index (χ0v) is 10.1. The van der Waals surface area contributed by atoms with Crippen LogP contribution in [0, 0.1) is 5.92 Å². The molecule has 0 spiro atoms. The summed E-state index contributed by atoms with van der Waals surface area (Å²) >= 11 is 0. The lowest BCUT2D eigenvalue weighted by Crippen LogP contribution is -2.48. The van der Waals surface area contributed by atoms with Crippen molar-refractivity contribution in [1.82, 2.24) is 10.2 Å². The lowest BCUT2D eigenvalue weighted by Gasteiger charge is -2.33. The molecule has 1 amide bonds. The number of hydrogen-bond acceptors (Lipinski definition) is 2. The maximum Gasteiger partial charge on any atom is 0.225 e. The summed E-state index contributed by atoms with van der Waals surface area (Å²) in [6.07, 6.45) is 2.32. The second-order valence-electron chi connectivity index (χ2n) is 4.07. The van der Waals surface area contributed by atoms with Crippen LogP contribution in [0.5, 0.6) is 0 Å². The van der Waals surface area contributed by atoms with Crippen molar-refractivity contribution < 1.29 is 4.79 Å². The molecule has 1 aliphatic rings. The van der Waals surface area contributed by atoms with Crippen LogP contribution in [0.25, 0.3) is 0 Å². The molecule has 1 fully saturated rings. The van der Waals surface area contributed by atoms with Gasteiger partial charge >= 0.3 is 0 Å². The zero-order chi connectivity index (χ0) is 9.84. The van der Waals surface area contributed by atoms with Gasteiger partial charge in [-0.3, -0.25) is 4.79 Å². The molecule has 0 unspecified atom stereocenters. The average molecular weight is 221 g/mol. The summed E-state index contributed by atoms with van der Waals surface area (Å²) in [5, 5.41) is 3.23. The quantitative estimate of drug-likeness (QED) is 0.761. The van der Waals surface area contributed by atoms with E-state index in [1.54, 1.807) is 0 Å². The minimum Gasteiger partial charge on any atom is -0.341 e. The SMILES string of the molecule is CN[C@@H]1CCCN(C(=O)C(C)C)C1.Cl. The van der Waals surface area contributed by atoms with Gasteiger partial charge in [-0.2, -0.15) is 0 Å². The number of piperidine rings is 1. The van der Waals surface area contributed by atoms with Gasteiger partial charge in [-0.05, 0) is 19.9 Å². The monoisotopic (exact) mass is 220 g/mol. The summed E-state index contributed by atoms with van der Waals surface area (Å²) in [5.41, 5.74) is 0. The molecule has 3 nitrogen and oxygen atoms in total. The van der Waals surface area contributed by atoms with E-state index in [-0.39, 0.29) is 18.3 Å². The van der Waals surface area contributed by atoms with Gasteiger partial charge in [-0.15, -0.1) is 12.4 Å². The smallest absolute Gasteiger partial charge is 0.225 e. The van der Waals surface area contributed by atoms with Gasteiger partial charge < -0.3 is 10.2 Å². The van der Waals surface area contributed by atoms with E-state index in [2.05, 4.69) is 5.32 Å². The number of likely N-dealkylation sites (tertiary alicyclic amines) is 1. The van der Waals surface area contributed by atoms with Crippen molar-refractivity contribution in [3.63, 3.8) is 0 Å². The van der Waals surface area contributed by atoms with E-state index in [4.69, 9.17) is 0 Å². The van der Waals surface area contributed by atoms with Gasteiger partial charge in [0.05, 0.1) is 0 Å². The van der Waals surface area contributed by atoms with Crippen molar-refractivity contribution in [1.29, 1.82) is 0 Å². The summed E-state index contributed by atoms with van der Waals surface area (Å²) < 4.78 is 0. The molecular weight excluding hydrogens is 200 g/mol. The largest absolute Gasteiger partial charge is 0.341 e. The van der Waals surface area contributed by atoms with Gasteiger partial charge in [-0.1, -0.05) is 13.8 Å². The van der Waals surface area contributed by atoms with Crippen molar-refractivity contribution in [2.24, 2.45) is 5.92 Å². The summed E-state index contributed by atoms with van der Waals surface area (Å²) in [5.74, 6) is 0.426. The van der Waals surface area contributed by atoms with Gasteiger partial charge in [-0.25, -0.2) is 0 Å². The molecule has 1 atom stereocenters. The van der Waals surface area contributed by atoms with Crippen molar-refractivity contribution in [3.05, 3.63) is 0 Å². The summed E-state index contributed by atoms with van der Waals surface area (Å²) in [6.45, 7) is 5.75. The molecule has 1 heterocycles. The Labute approximate surface area is 92.6 Å². The van der Waals surface area contributed by atoms with Gasteiger partial charge in [0.25, 0.3) is 0 Å². The highest BCUT2D eigenvalue weighted by atomic mass is 35.5. The number of nitrogens with zero attached hydrogens (tertiary/aromatic N) is 1. The highest BCUT2D eigenvalue weighted by molar-refractivity contribution is 5.85. The molecule has 1 aliphatic heterocycles. The Balaban J connectivity index is 0.00000169. The second-order valence-corrected chi connectivity index (χ2v) is 4.07. The zero-order valence-electron chi connectivity index (χ0n) is 9.25. The van der Waals surface area contributed by atoms with Gasteiger partial charge in [0.2, 0.25) is 5.91 Å². The van der Waals surface area contributed by atoms with Crippen LogP contribution in [0.1, 0.15) is 26.7 Å². The molecule has 0 aliphatic carbocycles. The van der Waals surface area contributed by atoms with Crippen molar-refractivity contribution in [2.45, 2.75) is 32.7 Å². The molecular formula is C10H21ClN2O. The van der Waals surface area contributed by atoms with Crippen LogP contribution in [0.3, 0.4) is 0 Å². The lowest BCUT2D eigenvalue weighted by molar-refractivity contribution is -0.135. The van der Waals surface area contributed by atoms with Crippen molar-refractivity contribution in [2.75, 3.05) is 20.1 Å². The molecule has 0 radical (unpaired) electrons. The van der Waals surface area contributed by atoms with Crippen LogP contribution < -0.4 is 5.32 Å². The maximum absolute atomic E-state index is 11.7. The predicted molar refractivity (Wildman–Crippen MR) is 60.7 cm³/mol. The molecule has 0 aromatic rings. The number of rotatable bonds is 2. The Morgan fingerprint density at radius 3 is 2.64 bits per heavy atom. The van der Waals surface area contributed by atoms with Gasteiger partial charge in [0.1, 0.15) is 0 Å². The fraction of sp³-hybridized carbons (Fsp3) is 0.900. The van der Waals surface area contributed by atoms with E-state index in [9.17, 15) is 4.79 Å². The molecule has 1 saturated heterocycles. The Morgan fingerprint density at radius 2 is 2.14 bits per heavy atom. The number of carbonyl (C=O) groups excluding carboxylic acids is 1. The Morgan fingerprint density at radius 1 is 1.50 bits per heavy atom. The second kappa shape index (κ2) is 6.25. The molecule has 84 valence electrons. The first-order chi connectivity index (χ1) is 6.15. The Hall–Kier alpha value is -0.280. The van der Waals surface area contributed by atoms with E-state index in [1.807, 2.05) is 25.8 Å². The molecule has 4 heteroatoms. The Kier molecular flexibility index (Phi) is 6.12. The lowest BCUT2D eigenvalue weighted by atomic mass is 10.0. The minimum absolute atomic E-state index is 0. The van der Waals surface area contributed by atoms with Crippen molar-refractivity contribution >= 4 is 18.3 Å². The van der Waals surface area contributed by atoms with Crippen LogP contribution in [0.4, 0.5) is 0 Å². The van der Waals surface area contributed by atoms with Crippen LogP contribution in [0.15, 0.2) is 0 Å². The fourth-order valence-corrected chi connectivity index (χ4v) is 1.78. The molecule has 0 bridgehead atoms. The number of carbonyl (C=O) groups is 1. The van der Waals surface area contributed by atoms with E-state index in [1.165, 1.54) is 6.42 Å². The molecule has 1 rings (SSSR count). The van der Waals surface area contributed by atoms with Gasteiger partial charge in [0.15, 0.2) is 0 Å². The number of nitrogens with one attached hydrogen (secondary N) is 1. The standard InChI is InChI=1S/C10H20N2O.ClH/c1-8(2)10(13)12-6-4-5-9(7-12)11-3;/h8-9,11H,4-7H2,1-3H3;1H/t9-;/m1./s1. The van der Waals surface area contributed by atoms with Crippen LogP contribution >= 0.6 is 12.4 Å². The Bertz CT molecular complexity index is 185. The number of hydrogen-bond donors (Lipinski definition) is 1. The summed E-state index contributed by atoms with van der Waals surface area (Å²) in [6, 6.07) is 0.497. The first-order valence-corrected chi connectivity index (χ1v) is 5.11. The first kappa shape index (κ1) is 13.7. The third-order valence-corrected chi connectivity index (χ3v) is 2.64. The third kappa shape index (κ3) is 3.46. The van der Waals surface area contributed by atoms with Crippen molar-refractivity contribution in [3.8, 4) is 0 Å². The van der Waals surface area contributed by atoms with Crippen LogP contribution in [0.2, 0.25) is 0 Å². The maximum atomic E-state index is 11.7. The highest BCUT2D eigenvalue weighted by Crippen LogP contribution is 2.12. The molecule has 0 saturated carbocycles. The predicted octanol–water partition coefficient (Wildman–Crippen LogP) is 1.27. The van der Waals surface area contributed by atoms with Crippen LogP contribution in [-0.4, -0.2) is 37.0 Å². The minimum atomic E-state index is 0. The fourth-order valence-electron chi connectivity index (χ4n) is 1.78. The van der Waals surface area contributed by atoms with E-state index in [0.717, 1.165) is 19.5 Å². The number of amides is 1. The van der Waals surface area contributed by atoms with E-state index in [0.29, 0.717) is 11.9 Å².